The molecule has 8 heteroatoms. The summed E-state index contributed by atoms with van der Waals surface area (Å²) in [5.41, 5.74) is -0.725. The van der Waals surface area contributed by atoms with E-state index < -0.39 is 21.2 Å². The van der Waals surface area contributed by atoms with Gasteiger partial charge in [-0.1, -0.05) is 12.1 Å². The number of benzene rings is 1. The molecule has 0 aromatic heterocycles. The SMILES string of the molecule is CC1(C)S[C@@H]2CC(=O)N2[C@@]1(Cc1ccc([N+](=O)[O-])cc1)C(=O)O. The van der Waals surface area contributed by atoms with Crippen LogP contribution < -0.4 is 0 Å². The number of β-lactam (4-membered cyclic amide) rings is 1. The number of carbonyl (C=O) groups is 2. The number of aliphatic carboxylic acids is 1. The fraction of sp³-hybridized carbons (Fsp3) is 0.467. The molecule has 0 spiro atoms. The van der Waals surface area contributed by atoms with E-state index in [1.165, 1.54) is 28.8 Å². The number of carboxylic acids is 1. The number of fused-ring (bicyclic) bond motifs is 1. The Balaban J connectivity index is 2.00. The molecule has 0 bridgehead atoms. The van der Waals surface area contributed by atoms with E-state index in [0.717, 1.165) is 0 Å². The maximum Gasteiger partial charge on any atom is 0.331 e. The Labute approximate surface area is 136 Å². The van der Waals surface area contributed by atoms with Crippen molar-refractivity contribution < 1.29 is 19.6 Å². The summed E-state index contributed by atoms with van der Waals surface area (Å²) in [6.45, 7) is 3.67. The Bertz CT molecular complexity index is 702. The quantitative estimate of drug-likeness (QED) is 0.513. The van der Waals surface area contributed by atoms with Gasteiger partial charge in [-0.15, -0.1) is 11.8 Å². The van der Waals surface area contributed by atoms with E-state index in [2.05, 4.69) is 0 Å². The summed E-state index contributed by atoms with van der Waals surface area (Å²) in [7, 11) is 0. The fourth-order valence-electron chi connectivity index (χ4n) is 3.43. The minimum absolute atomic E-state index is 0.0453. The van der Waals surface area contributed by atoms with Crippen LogP contribution in [0.2, 0.25) is 0 Å². The number of carbonyl (C=O) groups excluding carboxylic acids is 1. The summed E-state index contributed by atoms with van der Waals surface area (Å²) in [6.07, 6.45) is 0.492. The van der Waals surface area contributed by atoms with E-state index >= 15 is 0 Å². The molecular weight excluding hydrogens is 320 g/mol. The third kappa shape index (κ3) is 2.12. The van der Waals surface area contributed by atoms with Crippen LogP contribution >= 0.6 is 11.8 Å². The summed E-state index contributed by atoms with van der Waals surface area (Å²) in [5, 5.41) is 20.6. The van der Waals surface area contributed by atoms with Crippen molar-refractivity contribution in [2.75, 3.05) is 0 Å². The molecule has 122 valence electrons. The summed E-state index contributed by atoms with van der Waals surface area (Å²) < 4.78 is -0.655. The number of nitro benzene ring substituents is 1. The molecule has 0 aliphatic carbocycles. The minimum Gasteiger partial charge on any atom is -0.479 e. The van der Waals surface area contributed by atoms with Gasteiger partial charge in [0.15, 0.2) is 5.54 Å². The van der Waals surface area contributed by atoms with E-state index in [-0.39, 0.29) is 23.4 Å². The number of hydrogen-bond donors (Lipinski definition) is 1. The molecular formula is C15H16N2O5S. The molecule has 0 unspecified atom stereocenters. The largest absolute Gasteiger partial charge is 0.479 e. The number of rotatable bonds is 4. The molecule has 2 heterocycles. The molecule has 2 fully saturated rings. The van der Waals surface area contributed by atoms with Gasteiger partial charge in [-0.3, -0.25) is 14.9 Å². The van der Waals surface area contributed by atoms with Gasteiger partial charge < -0.3 is 10.0 Å². The van der Waals surface area contributed by atoms with Gasteiger partial charge in [0, 0.05) is 23.3 Å². The first kappa shape index (κ1) is 15.8. The molecule has 2 saturated heterocycles. The van der Waals surface area contributed by atoms with Crippen LogP contribution in [0.25, 0.3) is 0 Å². The van der Waals surface area contributed by atoms with Crippen molar-refractivity contribution in [2.45, 2.75) is 42.3 Å². The highest BCUT2D eigenvalue weighted by Crippen LogP contribution is 2.57. The first-order chi connectivity index (χ1) is 10.7. The molecule has 2 atom stereocenters. The third-order valence-corrected chi connectivity index (χ3v) is 6.28. The number of thioether (sulfide) groups is 1. The van der Waals surface area contributed by atoms with Crippen LogP contribution in [0.5, 0.6) is 0 Å². The summed E-state index contributed by atoms with van der Waals surface area (Å²) in [5.74, 6) is -1.19. The van der Waals surface area contributed by atoms with Crippen LogP contribution in [0.15, 0.2) is 24.3 Å². The van der Waals surface area contributed by atoms with E-state index in [1.807, 2.05) is 13.8 Å². The van der Waals surface area contributed by atoms with Gasteiger partial charge in [0.05, 0.1) is 16.7 Å². The molecule has 0 radical (unpaired) electrons. The molecule has 7 nitrogen and oxygen atoms in total. The van der Waals surface area contributed by atoms with Crippen LogP contribution in [0.3, 0.4) is 0 Å². The van der Waals surface area contributed by atoms with Crippen LogP contribution in [0.4, 0.5) is 5.69 Å². The molecule has 23 heavy (non-hydrogen) atoms. The van der Waals surface area contributed by atoms with E-state index in [9.17, 15) is 24.8 Å². The van der Waals surface area contributed by atoms with E-state index in [1.54, 1.807) is 12.1 Å². The van der Waals surface area contributed by atoms with Gasteiger partial charge in [-0.25, -0.2) is 4.79 Å². The van der Waals surface area contributed by atoms with Gasteiger partial charge in [-0.2, -0.15) is 0 Å². The van der Waals surface area contributed by atoms with Gasteiger partial charge in [0.1, 0.15) is 0 Å². The first-order valence-electron chi connectivity index (χ1n) is 7.16. The second-order valence-electron chi connectivity index (χ2n) is 6.32. The molecule has 0 saturated carbocycles. The summed E-state index contributed by atoms with van der Waals surface area (Å²) >= 11 is 1.50. The normalized spacial score (nSPS) is 28.2. The average molecular weight is 336 g/mol. The number of non-ortho nitro benzene ring substituents is 1. The van der Waals surface area contributed by atoms with Gasteiger partial charge in [0.25, 0.3) is 5.69 Å². The van der Waals surface area contributed by atoms with Crippen molar-refractivity contribution in [1.82, 2.24) is 4.90 Å². The van der Waals surface area contributed by atoms with Crippen molar-refractivity contribution in [1.29, 1.82) is 0 Å². The minimum atomic E-state index is -1.34. The average Bonchev–Trinajstić information content (AvgIpc) is 2.63. The summed E-state index contributed by atoms with van der Waals surface area (Å²) in [4.78, 5) is 35.9. The first-order valence-corrected chi connectivity index (χ1v) is 8.04. The number of nitrogens with zero attached hydrogens (tertiary/aromatic N) is 2. The molecule has 1 amide bonds. The van der Waals surface area contributed by atoms with Crippen molar-refractivity contribution >= 4 is 29.3 Å². The maximum absolute atomic E-state index is 12.1. The smallest absolute Gasteiger partial charge is 0.331 e. The Morgan fingerprint density at radius 3 is 2.52 bits per heavy atom. The highest BCUT2D eigenvalue weighted by atomic mass is 32.2. The molecule has 1 N–H and O–H groups in total. The maximum atomic E-state index is 12.1. The number of hydrogen-bond acceptors (Lipinski definition) is 5. The lowest BCUT2D eigenvalue weighted by Gasteiger charge is -2.46. The van der Waals surface area contributed by atoms with Crippen molar-refractivity contribution in [2.24, 2.45) is 0 Å². The van der Waals surface area contributed by atoms with E-state index in [4.69, 9.17) is 0 Å². The van der Waals surface area contributed by atoms with Crippen molar-refractivity contribution in [3.05, 3.63) is 39.9 Å². The lowest BCUT2D eigenvalue weighted by molar-refractivity contribution is -0.384. The molecule has 3 rings (SSSR count). The number of carboxylic acid groups (broad SMARTS) is 1. The van der Waals surface area contributed by atoms with Crippen molar-refractivity contribution in [3.8, 4) is 0 Å². The molecule has 1 aromatic carbocycles. The topological polar surface area (TPSA) is 101 Å². The fourth-order valence-corrected chi connectivity index (χ4v) is 5.19. The van der Waals surface area contributed by atoms with Crippen LogP contribution in [-0.4, -0.2) is 42.5 Å². The van der Waals surface area contributed by atoms with Crippen LogP contribution in [0.1, 0.15) is 25.8 Å². The Kier molecular flexibility index (Phi) is 3.40. The number of nitro groups is 1. The Hall–Kier alpha value is -2.09. The van der Waals surface area contributed by atoms with E-state index in [0.29, 0.717) is 12.0 Å². The van der Waals surface area contributed by atoms with Gasteiger partial charge >= 0.3 is 5.97 Å². The zero-order valence-corrected chi connectivity index (χ0v) is 13.5. The number of amides is 1. The molecule has 2 aliphatic heterocycles. The standard InChI is InChI=1S/C15H16N2O5S/c1-14(2)15(13(19)20,16-11(18)7-12(16)23-14)8-9-3-5-10(6-4-9)17(21)22/h3-6,12H,7-8H2,1-2H3,(H,19,20)/t12-,15+/m1/s1. The van der Waals surface area contributed by atoms with Crippen LogP contribution in [0, 0.1) is 10.1 Å². The monoisotopic (exact) mass is 336 g/mol. The zero-order valence-electron chi connectivity index (χ0n) is 12.7. The second kappa shape index (κ2) is 4.95. The highest BCUT2D eigenvalue weighted by molar-refractivity contribution is 8.01. The Morgan fingerprint density at radius 2 is 2.04 bits per heavy atom. The van der Waals surface area contributed by atoms with Gasteiger partial charge in [-0.05, 0) is 19.4 Å². The zero-order chi connectivity index (χ0) is 17.0. The third-order valence-electron chi connectivity index (χ3n) is 4.70. The van der Waals surface area contributed by atoms with Gasteiger partial charge in [0.2, 0.25) is 5.91 Å². The molecule has 1 aromatic rings. The predicted molar refractivity (Wildman–Crippen MR) is 84.1 cm³/mol. The van der Waals surface area contributed by atoms with Crippen LogP contribution in [-0.2, 0) is 16.0 Å². The van der Waals surface area contributed by atoms with Crippen molar-refractivity contribution in [3.63, 3.8) is 0 Å². The molecule has 2 aliphatic rings. The highest BCUT2D eigenvalue weighted by Gasteiger charge is 2.69. The second-order valence-corrected chi connectivity index (χ2v) is 8.12. The summed E-state index contributed by atoms with van der Waals surface area (Å²) in [6, 6.07) is 5.83. The lowest BCUT2D eigenvalue weighted by Crippen LogP contribution is -2.68. The predicted octanol–water partition coefficient (Wildman–Crippen LogP) is 2.04. The Morgan fingerprint density at radius 1 is 1.43 bits per heavy atom. The lowest BCUT2D eigenvalue weighted by atomic mass is 9.77.